The fourth-order valence-corrected chi connectivity index (χ4v) is 4.52. The quantitative estimate of drug-likeness (QED) is 0.592. The molecule has 7 heteroatoms. The van der Waals surface area contributed by atoms with Crippen molar-refractivity contribution in [3.63, 3.8) is 0 Å². The molecule has 164 valence electrons. The van der Waals surface area contributed by atoms with Gasteiger partial charge in [-0.1, -0.05) is 55.2 Å². The summed E-state index contributed by atoms with van der Waals surface area (Å²) >= 11 is 12.1. The van der Waals surface area contributed by atoms with E-state index in [1.807, 2.05) is 44.2 Å². The minimum atomic E-state index is -0.583. The highest BCUT2D eigenvalue weighted by molar-refractivity contribution is 6.42. The Morgan fingerprint density at radius 2 is 1.97 bits per heavy atom. The first-order valence-electron chi connectivity index (χ1n) is 10.2. The summed E-state index contributed by atoms with van der Waals surface area (Å²) in [5.41, 5.74) is 8.23. The molecular formula is C25H22Cl2N2O3. The lowest BCUT2D eigenvalue weighted by Gasteiger charge is -2.37. The van der Waals surface area contributed by atoms with E-state index >= 15 is 0 Å². The Hall–Kier alpha value is -2.94. The number of rotatable bonds is 4. The Morgan fingerprint density at radius 1 is 1.19 bits per heavy atom. The lowest BCUT2D eigenvalue weighted by Crippen LogP contribution is -2.33. The number of carbonyl (C=O) groups is 1. The van der Waals surface area contributed by atoms with Crippen LogP contribution in [0.3, 0.4) is 0 Å². The molecule has 0 amide bonds. The number of hydrogen-bond acceptors (Lipinski definition) is 5. The van der Waals surface area contributed by atoms with Gasteiger partial charge in [0.25, 0.3) is 0 Å². The van der Waals surface area contributed by atoms with Crippen molar-refractivity contribution in [2.24, 2.45) is 11.1 Å². The molecule has 0 aromatic heterocycles. The molecule has 1 aliphatic heterocycles. The van der Waals surface area contributed by atoms with Crippen LogP contribution in [0, 0.1) is 16.7 Å². The highest BCUT2D eigenvalue weighted by atomic mass is 35.5. The molecule has 0 saturated heterocycles. The first-order chi connectivity index (χ1) is 15.2. The van der Waals surface area contributed by atoms with E-state index in [0.717, 1.165) is 11.1 Å². The molecule has 32 heavy (non-hydrogen) atoms. The van der Waals surface area contributed by atoms with E-state index in [-0.39, 0.29) is 29.3 Å². The topological polar surface area (TPSA) is 85.3 Å². The number of ketones is 1. The Labute approximate surface area is 197 Å². The van der Waals surface area contributed by atoms with Crippen LogP contribution < -0.4 is 10.5 Å². The van der Waals surface area contributed by atoms with Gasteiger partial charge >= 0.3 is 0 Å². The van der Waals surface area contributed by atoms with Gasteiger partial charge in [-0.2, -0.15) is 5.26 Å². The van der Waals surface area contributed by atoms with E-state index in [2.05, 4.69) is 6.07 Å². The Kier molecular flexibility index (Phi) is 5.94. The molecule has 2 aliphatic rings. The molecule has 2 N–H and O–H groups in total. The van der Waals surface area contributed by atoms with E-state index < -0.39 is 5.92 Å². The second kappa shape index (κ2) is 8.54. The lowest BCUT2D eigenvalue weighted by molar-refractivity contribution is -0.119. The number of benzene rings is 2. The molecule has 0 saturated carbocycles. The van der Waals surface area contributed by atoms with Crippen molar-refractivity contribution in [2.75, 3.05) is 0 Å². The van der Waals surface area contributed by atoms with E-state index in [9.17, 15) is 10.1 Å². The van der Waals surface area contributed by atoms with Crippen molar-refractivity contribution in [3.05, 3.63) is 86.4 Å². The van der Waals surface area contributed by atoms with Crippen molar-refractivity contribution in [1.82, 2.24) is 0 Å². The average molecular weight is 469 g/mol. The highest BCUT2D eigenvalue weighted by Crippen LogP contribution is 2.48. The van der Waals surface area contributed by atoms with Gasteiger partial charge in [0.15, 0.2) is 5.78 Å². The second-order valence-corrected chi connectivity index (χ2v) is 9.63. The zero-order chi connectivity index (χ0) is 23.0. The van der Waals surface area contributed by atoms with Crippen molar-refractivity contribution < 1.29 is 14.3 Å². The minimum absolute atomic E-state index is 0.0244. The van der Waals surface area contributed by atoms with Gasteiger partial charge in [0.1, 0.15) is 29.8 Å². The molecule has 1 unspecified atom stereocenters. The van der Waals surface area contributed by atoms with E-state index in [1.165, 1.54) is 0 Å². The minimum Gasteiger partial charge on any atom is -0.489 e. The third-order valence-corrected chi connectivity index (χ3v) is 6.40. The predicted octanol–water partition coefficient (Wildman–Crippen LogP) is 6.02. The first-order valence-corrected chi connectivity index (χ1v) is 10.9. The summed E-state index contributed by atoms with van der Waals surface area (Å²) in [4.78, 5) is 13.1. The van der Waals surface area contributed by atoms with E-state index in [4.69, 9.17) is 38.4 Å². The third-order valence-electron chi connectivity index (χ3n) is 5.66. The summed E-state index contributed by atoms with van der Waals surface area (Å²) in [6, 6.07) is 14.8. The molecule has 0 bridgehead atoms. The van der Waals surface area contributed by atoms with Gasteiger partial charge in [0, 0.05) is 18.4 Å². The van der Waals surface area contributed by atoms with Gasteiger partial charge in [-0.05, 0) is 40.8 Å². The maximum absolute atomic E-state index is 13.1. The van der Waals surface area contributed by atoms with Crippen LogP contribution in [-0.4, -0.2) is 5.78 Å². The molecule has 1 atom stereocenters. The van der Waals surface area contributed by atoms with Crippen LogP contribution in [0.4, 0.5) is 0 Å². The van der Waals surface area contributed by atoms with E-state index in [1.54, 1.807) is 12.1 Å². The van der Waals surface area contributed by atoms with Crippen molar-refractivity contribution in [2.45, 2.75) is 39.2 Å². The third kappa shape index (κ3) is 4.34. The molecule has 0 radical (unpaired) electrons. The van der Waals surface area contributed by atoms with Gasteiger partial charge < -0.3 is 15.2 Å². The normalized spacial score (nSPS) is 19.8. The molecule has 1 heterocycles. The largest absolute Gasteiger partial charge is 0.489 e. The summed E-state index contributed by atoms with van der Waals surface area (Å²) in [6.07, 6.45) is 0.968. The molecule has 2 aromatic carbocycles. The van der Waals surface area contributed by atoms with Crippen molar-refractivity contribution in [3.8, 4) is 11.8 Å². The van der Waals surface area contributed by atoms with Crippen LogP contribution in [0.1, 0.15) is 43.7 Å². The molecule has 4 rings (SSSR count). The summed E-state index contributed by atoms with van der Waals surface area (Å²) in [6.45, 7) is 4.33. The number of Topliss-reactive ketones (excluding diaryl/α,β-unsaturated/α-hetero) is 1. The van der Waals surface area contributed by atoms with Crippen LogP contribution in [0.15, 0.2) is 65.3 Å². The predicted molar refractivity (Wildman–Crippen MR) is 123 cm³/mol. The van der Waals surface area contributed by atoms with Crippen LogP contribution >= 0.6 is 23.2 Å². The number of allylic oxidation sites excluding steroid dienone is 3. The number of halogens is 2. The van der Waals surface area contributed by atoms with Crippen molar-refractivity contribution >= 4 is 29.0 Å². The first kappa shape index (κ1) is 22.3. The van der Waals surface area contributed by atoms with Crippen LogP contribution in [0.25, 0.3) is 0 Å². The molecule has 0 spiro atoms. The second-order valence-electron chi connectivity index (χ2n) is 8.81. The van der Waals surface area contributed by atoms with E-state index in [0.29, 0.717) is 40.0 Å². The Bertz CT molecular complexity index is 1210. The standard InChI is InChI=1S/C25H22Cl2N2O3/c1-25(2)10-20(30)23-21(11-25)32-24(29)17(12-28)22(23)15-4-3-5-16(9-15)31-13-14-6-7-18(26)19(27)8-14/h3-9,22H,10-11,13,29H2,1-2H3. The summed E-state index contributed by atoms with van der Waals surface area (Å²) in [5.74, 6) is 0.588. The fraction of sp³-hybridized carbons (Fsp3) is 0.280. The molecular weight excluding hydrogens is 447 g/mol. The van der Waals surface area contributed by atoms with Gasteiger partial charge in [0.2, 0.25) is 5.88 Å². The molecule has 0 fully saturated rings. The molecule has 1 aliphatic carbocycles. The maximum atomic E-state index is 13.1. The highest BCUT2D eigenvalue weighted by Gasteiger charge is 2.43. The fourth-order valence-electron chi connectivity index (χ4n) is 4.20. The van der Waals surface area contributed by atoms with Crippen LogP contribution in [0.2, 0.25) is 10.0 Å². The zero-order valence-corrected chi connectivity index (χ0v) is 19.3. The summed E-state index contributed by atoms with van der Waals surface area (Å²) < 4.78 is 11.7. The number of hydrogen-bond donors (Lipinski definition) is 1. The van der Waals surface area contributed by atoms with Gasteiger partial charge in [-0.3, -0.25) is 4.79 Å². The Balaban J connectivity index is 1.67. The zero-order valence-electron chi connectivity index (χ0n) is 17.7. The number of nitriles is 1. The Morgan fingerprint density at radius 3 is 2.69 bits per heavy atom. The lowest BCUT2D eigenvalue weighted by atomic mass is 9.70. The van der Waals surface area contributed by atoms with Crippen LogP contribution in [0.5, 0.6) is 5.75 Å². The molecule has 5 nitrogen and oxygen atoms in total. The summed E-state index contributed by atoms with van der Waals surface area (Å²) in [7, 11) is 0. The number of ether oxygens (including phenoxy) is 2. The van der Waals surface area contributed by atoms with Gasteiger partial charge in [-0.15, -0.1) is 0 Å². The number of carbonyl (C=O) groups excluding carboxylic acids is 1. The van der Waals surface area contributed by atoms with Gasteiger partial charge in [-0.25, -0.2) is 0 Å². The van der Waals surface area contributed by atoms with Gasteiger partial charge in [0.05, 0.1) is 16.0 Å². The number of nitrogens with zero attached hydrogens (tertiary/aromatic N) is 1. The van der Waals surface area contributed by atoms with Crippen molar-refractivity contribution in [1.29, 1.82) is 5.26 Å². The monoisotopic (exact) mass is 468 g/mol. The SMILES string of the molecule is CC1(C)CC(=O)C2=C(C1)OC(N)=C(C#N)C2c1cccc(OCc2ccc(Cl)c(Cl)c2)c1. The average Bonchev–Trinajstić information content (AvgIpc) is 2.73. The summed E-state index contributed by atoms with van der Waals surface area (Å²) in [5, 5.41) is 10.7. The number of nitrogens with two attached hydrogens (primary N) is 1. The maximum Gasteiger partial charge on any atom is 0.205 e. The van der Waals surface area contributed by atoms with Crippen LogP contribution in [-0.2, 0) is 16.1 Å². The smallest absolute Gasteiger partial charge is 0.205 e. The molecule has 2 aromatic rings.